The average Bonchev–Trinajstić information content (AvgIpc) is 3.06. The van der Waals surface area contributed by atoms with Crippen LogP contribution in [0.5, 0.6) is 5.75 Å². The van der Waals surface area contributed by atoms with Crippen molar-refractivity contribution in [3.8, 4) is 5.75 Å². The Balaban J connectivity index is 1.77. The van der Waals surface area contributed by atoms with E-state index in [1.807, 2.05) is 42.7 Å². The van der Waals surface area contributed by atoms with Gasteiger partial charge in [0.05, 0.1) is 12.8 Å². The van der Waals surface area contributed by atoms with Gasteiger partial charge < -0.3 is 19.9 Å². The molecule has 0 unspecified atom stereocenters. The minimum absolute atomic E-state index is 0.0152. The van der Waals surface area contributed by atoms with Crippen LogP contribution < -0.4 is 15.4 Å². The van der Waals surface area contributed by atoms with Gasteiger partial charge in [-0.15, -0.1) is 0 Å². The van der Waals surface area contributed by atoms with Gasteiger partial charge in [-0.25, -0.2) is 4.98 Å². The standard InChI is InChI=1S/C20H26N4O3/c1-13(2)22-20(26)18-23-17(16-6-4-5-11-24(16)18)19(25)21-12-14-7-9-15(27-3)10-8-14/h7-10,13H,4-6,11-12H2,1-3H3,(H,21,25)(H,22,26). The third-order valence-corrected chi connectivity index (χ3v) is 4.57. The van der Waals surface area contributed by atoms with Crippen molar-refractivity contribution >= 4 is 11.8 Å². The number of carbonyl (C=O) groups excluding carboxylic acids is 2. The summed E-state index contributed by atoms with van der Waals surface area (Å²) in [7, 11) is 1.62. The van der Waals surface area contributed by atoms with Gasteiger partial charge in [0.25, 0.3) is 11.8 Å². The number of ether oxygens (including phenoxy) is 1. The molecule has 7 nitrogen and oxygen atoms in total. The molecule has 2 N–H and O–H groups in total. The molecule has 27 heavy (non-hydrogen) atoms. The van der Waals surface area contributed by atoms with Gasteiger partial charge in [-0.3, -0.25) is 9.59 Å². The first kappa shape index (κ1) is 18.9. The van der Waals surface area contributed by atoms with E-state index in [9.17, 15) is 9.59 Å². The van der Waals surface area contributed by atoms with Gasteiger partial charge in [0.15, 0.2) is 5.82 Å². The van der Waals surface area contributed by atoms with Crippen LogP contribution >= 0.6 is 0 Å². The number of aromatic nitrogens is 2. The van der Waals surface area contributed by atoms with Crippen molar-refractivity contribution < 1.29 is 14.3 Å². The van der Waals surface area contributed by atoms with Gasteiger partial charge in [0.1, 0.15) is 11.4 Å². The van der Waals surface area contributed by atoms with E-state index < -0.39 is 0 Å². The van der Waals surface area contributed by atoms with Gasteiger partial charge in [0, 0.05) is 19.1 Å². The lowest BCUT2D eigenvalue weighted by molar-refractivity contribution is 0.0927. The van der Waals surface area contributed by atoms with Crippen LogP contribution in [0.3, 0.4) is 0 Å². The molecule has 0 saturated heterocycles. The topological polar surface area (TPSA) is 85.2 Å². The van der Waals surface area contributed by atoms with Gasteiger partial charge in [-0.2, -0.15) is 0 Å². The van der Waals surface area contributed by atoms with Crippen molar-refractivity contribution in [1.82, 2.24) is 20.2 Å². The van der Waals surface area contributed by atoms with Crippen molar-refractivity contribution in [1.29, 1.82) is 0 Å². The summed E-state index contributed by atoms with van der Waals surface area (Å²) in [6.07, 6.45) is 2.74. The van der Waals surface area contributed by atoms with E-state index in [-0.39, 0.29) is 17.9 Å². The molecule has 2 aromatic rings. The molecule has 0 fully saturated rings. The molecule has 1 aromatic carbocycles. The van der Waals surface area contributed by atoms with Crippen molar-refractivity contribution in [2.45, 2.75) is 52.2 Å². The smallest absolute Gasteiger partial charge is 0.287 e. The first-order valence-electron chi connectivity index (χ1n) is 9.31. The highest BCUT2D eigenvalue weighted by atomic mass is 16.5. The van der Waals surface area contributed by atoms with E-state index in [1.165, 1.54) is 0 Å². The van der Waals surface area contributed by atoms with Gasteiger partial charge in [0.2, 0.25) is 0 Å². The Morgan fingerprint density at radius 1 is 1.19 bits per heavy atom. The molecule has 1 aliphatic rings. The number of hydrogen-bond donors (Lipinski definition) is 2. The highest BCUT2D eigenvalue weighted by molar-refractivity contribution is 5.97. The monoisotopic (exact) mass is 370 g/mol. The predicted molar refractivity (Wildman–Crippen MR) is 102 cm³/mol. The van der Waals surface area contributed by atoms with E-state index in [0.29, 0.717) is 18.1 Å². The molecule has 1 aromatic heterocycles. The molecule has 2 heterocycles. The van der Waals surface area contributed by atoms with E-state index in [1.54, 1.807) is 7.11 Å². The number of amides is 2. The van der Waals surface area contributed by atoms with E-state index in [2.05, 4.69) is 15.6 Å². The summed E-state index contributed by atoms with van der Waals surface area (Å²) in [6.45, 7) is 4.92. The molecule has 0 atom stereocenters. The molecule has 1 aliphatic heterocycles. The lowest BCUT2D eigenvalue weighted by atomic mass is 10.1. The number of imidazole rings is 1. The molecule has 0 bridgehead atoms. The summed E-state index contributed by atoms with van der Waals surface area (Å²) in [5, 5.41) is 5.77. The summed E-state index contributed by atoms with van der Waals surface area (Å²) in [5.41, 5.74) is 2.18. The molecule has 0 saturated carbocycles. The van der Waals surface area contributed by atoms with Crippen molar-refractivity contribution in [3.05, 3.63) is 47.0 Å². The second-order valence-corrected chi connectivity index (χ2v) is 7.00. The fraction of sp³-hybridized carbons (Fsp3) is 0.450. The molecular formula is C20H26N4O3. The first-order valence-corrected chi connectivity index (χ1v) is 9.31. The Bertz CT molecular complexity index is 824. The second kappa shape index (κ2) is 8.24. The van der Waals surface area contributed by atoms with Crippen molar-refractivity contribution in [2.75, 3.05) is 7.11 Å². The van der Waals surface area contributed by atoms with Crippen LogP contribution in [0.2, 0.25) is 0 Å². The maximum atomic E-state index is 12.7. The van der Waals surface area contributed by atoms with E-state index >= 15 is 0 Å². The lowest BCUT2D eigenvalue weighted by Crippen LogP contribution is -2.33. The van der Waals surface area contributed by atoms with Crippen LogP contribution in [0, 0.1) is 0 Å². The quantitative estimate of drug-likeness (QED) is 0.817. The number of fused-ring (bicyclic) bond motifs is 1. The van der Waals surface area contributed by atoms with Crippen LogP contribution in [-0.2, 0) is 19.5 Å². The first-order chi connectivity index (χ1) is 13.0. The number of hydrogen-bond acceptors (Lipinski definition) is 4. The number of nitrogens with zero attached hydrogens (tertiary/aromatic N) is 2. The summed E-state index contributed by atoms with van der Waals surface area (Å²) in [4.78, 5) is 29.6. The Morgan fingerprint density at radius 2 is 1.93 bits per heavy atom. The lowest BCUT2D eigenvalue weighted by Gasteiger charge is -2.17. The zero-order chi connectivity index (χ0) is 19.4. The Labute approximate surface area is 159 Å². The SMILES string of the molecule is COc1ccc(CNC(=O)c2nc(C(=O)NC(C)C)n3c2CCCC3)cc1. The third kappa shape index (κ3) is 4.30. The summed E-state index contributed by atoms with van der Waals surface area (Å²) < 4.78 is 7.03. The molecular weight excluding hydrogens is 344 g/mol. The Morgan fingerprint density at radius 3 is 2.59 bits per heavy atom. The molecule has 0 aliphatic carbocycles. The fourth-order valence-electron chi connectivity index (χ4n) is 3.23. The fourth-order valence-corrected chi connectivity index (χ4v) is 3.23. The normalized spacial score (nSPS) is 13.2. The summed E-state index contributed by atoms with van der Waals surface area (Å²) >= 11 is 0. The summed E-state index contributed by atoms with van der Waals surface area (Å²) in [6, 6.07) is 7.54. The Kier molecular flexibility index (Phi) is 5.78. The van der Waals surface area contributed by atoms with Gasteiger partial charge >= 0.3 is 0 Å². The third-order valence-electron chi connectivity index (χ3n) is 4.57. The molecule has 2 amide bonds. The predicted octanol–water partition coefficient (Wildman–Crippen LogP) is 2.30. The minimum Gasteiger partial charge on any atom is -0.497 e. The molecule has 7 heteroatoms. The highest BCUT2D eigenvalue weighted by Gasteiger charge is 2.27. The van der Waals surface area contributed by atoms with Gasteiger partial charge in [-0.05, 0) is 50.8 Å². The molecule has 0 spiro atoms. The summed E-state index contributed by atoms with van der Waals surface area (Å²) in [5.74, 6) is 0.615. The minimum atomic E-state index is -0.250. The zero-order valence-corrected chi connectivity index (χ0v) is 16.0. The zero-order valence-electron chi connectivity index (χ0n) is 16.0. The molecule has 0 radical (unpaired) electrons. The van der Waals surface area contributed by atoms with E-state index in [0.717, 1.165) is 42.8 Å². The Hall–Kier alpha value is -2.83. The average molecular weight is 370 g/mol. The van der Waals surface area contributed by atoms with Crippen molar-refractivity contribution in [3.63, 3.8) is 0 Å². The van der Waals surface area contributed by atoms with Crippen LogP contribution in [0.25, 0.3) is 0 Å². The van der Waals surface area contributed by atoms with Crippen molar-refractivity contribution in [2.24, 2.45) is 0 Å². The highest BCUT2D eigenvalue weighted by Crippen LogP contribution is 2.21. The number of carbonyl (C=O) groups is 2. The van der Waals surface area contributed by atoms with E-state index in [4.69, 9.17) is 4.74 Å². The van der Waals surface area contributed by atoms with Crippen LogP contribution in [0.15, 0.2) is 24.3 Å². The van der Waals surface area contributed by atoms with Crippen LogP contribution in [0.1, 0.15) is 59.1 Å². The number of methoxy groups -OCH3 is 1. The molecule has 144 valence electrons. The number of rotatable bonds is 6. The number of benzene rings is 1. The maximum Gasteiger partial charge on any atom is 0.287 e. The largest absolute Gasteiger partial charge is 0.497 e. The second-order valence-electron chi connectivity index (χ2n) is 7.00. The maximum absolute atomic E-state index is 12.7. The number of nitrogens with one attached hydrogen (secondary N) is 2. The van der Waals surface area contributed by atoms with Crippen LogP contribution in [-0.4, -0.2) is 34.5 Å². The molecule has 3 rings (SSSR count). The van der Waals surface area contributed by atoms with Crippen LogP contribution in [0.4, 0.5) is 0 Å². The van der Waals surface area contributed by atoms with Gasteiger partial charge in [-0.1, -0.05) is 12.1 Å².